The third-order valence-corrected chi connectivity index (χ3v) is 5.67. The first-order valence-corrected chi connectivity index (χ1v) is 10.3. The van der Waals surface area contributed by atoms with Gasteiger partial charge in [-0.2, -0.15) is 0 Å². The van der Waals surface area contributed by atoms with Crippen LogP contribution in [0.4, 0.5) is 0 Å². The summed E-state index contributed by atoms with van der Waals surface area (Å²) in [6, 6.07) is 0.922. The van der Waals surface area contributed by atoms with Gasteiger partial charge in [0.05, 0.1) is 11.7 Å². The summed E-state index contributed by atoms with van der Waals surface area (Å²) in [5.41, 5.74) is 7.12. The van der Waals surface area contributed by atoms with Crippen LogP contribution in [0.15, 0.2) is 28.4 Å². The van der Waals surface area contributed by atoms with Crippen molar-refractivity contribution in [2.75, 3.05) is 20.2 Å². The molecular formula is C20H34N6O2. The number of piperidine rings is 1. The number of allylic oxidation sites excluding steroid dienone is 1. The molecule has 1 saturated heterocycles. The Morgan fingerprint density at radius 3 is 2.71 bits per heavy atom. The lowest BCUT2D eigenvalue weighted by Gasteiger charge is -2.41. The standard InChI is InChI=1S/C20H34N6O2/c1-13(21)11-16(20-23-14(2)25-28-20)19(22)26-10-9-17(18(12-26)27-3)24-15-7-5-4-6-8-15/h11,15,17-18,22,24H,4-10,12,21H2,1-3H3,(H,23,25)/b13-11-,20-16-,22-19?. The average Bonchev–Trinajstić information content (AvgIpc) is 3.12. The van der Waals surface area contributed by atoms with Gasteiger partial charge in [0.15, 0.2) is 0 Å². The fourth-order valence-electron chi connectivity index (χ4n) is 4.20. The van der Waals surface area contributed by atoms with Crippen molar-refractivity contribution in [2.24, 2.45) is 10.9 Å². The quantitative estimate of drug-likeness (QED) is 0.422. The first-order valence-electron chi connectivity index (χ1n) is 10.3. The Labute approximate surface area is 167 Å². The van der Waals surface area contributed by atoms with Gasteiger partial charge < -0.3 is 30.8 Å². The molecule has 1 aliphatic carbocycles. The third kappa shape index (κ3) is 5.05. The predicted molar refractivity (Wildman–Crippen MR) is 111 cm³/mol. The number of oxime groups is 1. The molecule has 0 bridgehead atoms. The highest BCUT2D eigenvalue weighted by Gasteiger charge is 2.33. The van der Waals surface area contributed by atoms with Crippen molar-refractivity contribution in [3.05, 3.63) is 23.2 Å². The Morgan fingerprint density at radius 2 is 2.11 bits per heavy atom. The lowest BCUT2D eigenvalue weighted by atomic mass is 9.92. The molecule has 5 N–H and O–H groups in total. The molecule has 0 amide bonds. The SMILES string of the molecule is COC1CN(C(=N)C(/C=C(/C)N)=C2/NC(C)=NO2)CCC1NC1CCCCC1. The second-order valence-electron chi connectivity index (χ2n) is 7.99. The van der Waals surface area contributed by atoms with Crippen molar-refractivity contribution >= 4 is 11.7 Å². The van der Waals surface area contributed by atoms with E-state index in [0.29, 0.717) is 47.5 Å². The molecule has 156 valence electrons. The number of amidine groups is 2. The molecule has 0 radical (unpaired) electrons. The number of nitrogens with one attached hydrogen (secondary N) is 3. The second-order valence-corrected chi connectivity index (χ2v) is 7.99. The van der Waals surface area contributed by atoms with Gasteiger partial charge in [0.1, 0.15) is 11.7 Å². The Morgan fingerprint density at radius 1 is 1.36 bits per heavy atom. The Kier molecular flexibility index (Phi) is 6.96. The summed E-state index contributed by atoms with van der Waals surface area (Å²) in [4.78, 5) is 7.40. The largest absolute Gasteiger partial charge is 0.402 e. The van der Waals surface area contributed by atoms with Gasteiger partial charge in [-0.15, -0.1) is 0 Å². The van der Waals surface area contributed by atoms with Gasteiger partial charge in [0.25, 0.3) is 0 Å². The van der Waals surface area contributed by atoms with Crippen LogP contribution in [0, 0.1) is 5.41 Å². The fourth-order valence-corrected chi connectivity index (χ4v) is 4.20. The number of nitrogens with two attached hydrogens (primary N) is 1. The lowest BCUT2D eigenvalue weighted by molar-refractivity contribution is 0.0203. The summed E-state index contributed by atoms with van der Waals surface area (Å²) in [5, 5.41) is 19.6. The van der Waals surface area contributed by atoms with Crippen LogP contribution < -0.4 is 16.4 Å². The van der Waals surface area contributed by atoms with Crippen LogP contribution in [0.3, 0.4) is 0 Å². The zero-order chi connectivity index (χ0) is 20.1. The van der Waals surface area contributed by atoms with E-state index in [1.807, 2.05) is 11.8 Å². The van der Waals surface area contributed by atoms with Crippen molar-refractivity contribution in [1.82, 2.24) is 15.5 Å². The van der Waals surface area contributed by atoms with Crippen LogP contribution in [0.2, 0.25) is 0 Å². The maximum atomic E-state index is 8.77. The summed E-state index contributed by atoms with van der Waals surface area (Å²) in [7, 11) is 1.76. The van der Waals surface area contributed by atoms with Gasteiger partial charge in [-0.1, -0.05) is 24.4 Å². The van der Waals surface area contributed by atoms with E-state index in [1.54, 1.807) is 20.1 Å². The molecule has 0 aromatic heterocycles. The highest BCUT2D eigenvalue weighted by Crippen LogP contribution is 2.23. The molecule has 2 aliphatic heterocycles. The smallest absolute Gasteiger partial charge is 0.239 e. The van der Waals surface area contributed by atoms with E-state index < -0.39 is 0 Å². The number of hydrogen-bond acceptors (Lipinski definition) is 7. The molecule has 8 heteroatoms. The second kappa shape index (κ2) is 9.43. The van der Waals surface area contributed by atoms with Crippen LogP contribution in [-0.2, 0) is 9.57 Å². The third-order valence-electron chi connectivity index (χ3n) is 5.67. The van der Waals surface area contributed by atoms with Crippen LogP contribution >= 0.6 is 0 Å². The fraction of sp³-hybridized carbons (Fsp3) is 0.700. The number of rotatable bonds is 5. The summed E-state index contributed by atoms with van der Waals surface area (Å²) in [6.07, 6.45) is 9.23. The minimum Gasteiger partial charge on any atom is -0.402 e. The topological polar surface area (TPSA) is 108 Å². The minimum absolute atomic E-state index is 0.0423. The molecule has 2 atom stereocenters. The molecule has 1 saturated carbocycles. The van der Waals surface area contributed by atoms with Gasteiger partial charge in [-0.3, -0.25) is 5.41 Å². The van der Waals surface area contributed by atoms with E-state index >= 15 is 0 Å². The molecule has 0 aromatic carbocycles. The maximum absolute atomic E-state index is 8.77. The molecule has 0 aromatic rings. The molecule has 3 aliphatic rings. The first kappa shape index (κ1) is 20.7. The van der Waals surface area contributed by atoms with Crippen LogP contribution in [-0.4, -0.2) is 55.0 Å². The molecule has 28 heavy (non-hydrogen) atoms. The number of nitrogens with zero attached hydrogens (tertiary/aromatic N) is 2. The number of methoxy groups -OCH3 is 1. The van der Waals surface area contributed by atoms with E-state index in [4.69, 9.17) is 20.7 Å². The van der Waals surface area contributed by atoms with Crippen molar-refractivity contribution in [3.63, 3.8) is 0 Å². The van der Waals surface area contributed by atoms with Gasteiger partial charge in [0.2, 0.25) is 5.88 Å². The van der Waals surface area contributed by atoms with Crippen LogP contribution in [0.5, 0.6) is 0 Å². The highest BCUT2D eigenvalue weighted by atomic mass is 16.7. The normalized spacial score (nSPS) is 28.5. The molecular weight excluding hydrogens is 356 g/mol. The Hall–Kier alpha value is -2.06. The molecule has 2 fully saturated rings. The molecule has 2 unspecified atom stereocenters. The van der Waals surface area contributed by atoms with Crippen molar-refractivity contribution in [2.45, 2.75) is 70.6 Å². The van der Waals surface area contributed by atoms with Crippen LogP contribution in [0.25, 0.3) is 0 Å². The Balaban J connectivity index is 1.68. The zero-order valence-electron chi connectivity index (χ0n) is 17.3. The summed E-state index contributed by atoms with van der Waals surface area (Å²) in [5.74, 6) is 1.48. The van der Waals surface area contributed by atoms with E-state index in [-0.39, 0.29) is 6.10 Å². The zero-order valence-corrected chi connectivity index (χ0v) is 17.3. The first-order chi connectivity index (χ1) is 13.5. The number of likely N-dealkylation sites (tertiary alicyclic amines) is 1. The average molecular weight is 391 g/mol. The van der Waals surface area contributed by atoms with Crippen LogP contribution in [0.1, 0.15) is 52.4 Å². The maximum Gasteiger partial charge on any atom is 0.239 e. The number of hydrogen-bond donors (Lipinski definition) is 4. The van der Waals surface area contributed by atoms with Gasteiger partial charge in [0, 0.05) is 38.0 Å². The lowest BCUT2D eigenvalue weighted by Crippen LogP contribution is -2.57. The predicted octanol–water partition coefficient (Wildman–Crippen LogP) is 2.00. The van der Waals surface area contributed by atoms with E-state index in [9.17, 15) is 0 Å². The monoisotopic (exact) mass is 390 g/mol. The molecule has 0 spiro atoms. The minimum atomic E-state index is 0.0423. The van der Waals surface area contributed by atoms with Gasteiger partial charge in [-0.25, -0.2) is 0 Å². The summed E-state index contributed by atoms with van der Waals surface area (Å²) >= 11 is 0. The number of ether oxygens (including phenoxy) is 1. The van der Waals surface area contributed by atoms with Gasteiger partial charge >= 0.3 is 0 Å². The van der Waals surface area contributed by atoms with E-state index in [1.165, 1.54) is 32.1 Å². The molecule has 8 nitrogen and oxygen atoms in total. The van der Waals surface area contributed by atoms with Crippen molar-refractivity contribution in [1.29, 1.82) is 5.41 Å². The summed E-state index contributed by atoms with van der Waals surface area (Å²) < 4.78 is 5.80. The Bertz CT molecular complexity index is 662. The molecule has 2 heterocycles. The molecule has 3 rings (SSSR count). The van der Waals surface area contributed by atoms with Gasteiger partial charge in [-0.05, 0) is 39.2 Å². The van der Waals surface area contributed by atoms with E-state index in [2.05, 4.69) is 15.8 Å². The summed E-state index contributed by atoms with van der Waals surface area (Å²) in [6.45, 7) is 5.07. The highest BCUT2D eigenvalue weighted by molar-refractivity contribution is 6.00. The van der Waals surface area contributed by atoms with Crippen molar-refractivity contribution in [3.8, 4) is 0 Å². The van der Waals surface area contributed by atoms with Crippen molar-refractivity contribution < 1.29 is 9.57 Å². The van der Waals surface area contributed by atoms with E-state index in [0.717, 1.165) is 13.0 Å².